The predicted molar refractivity (Wildman–Crippen MR) is 27.8 cm³/mol. The van der Waals surface area contributed by atoms with Crippen molar-refractivity contribution in [3.05, 3.63) is 5.82 Å². The summed E-state index contributed by atoms with van der Waals surface area (Å²) in [6.07, 6.45) is -4.73. The third-order valence-electron chi connectivity index (χ3n) is 0.784. The van der Waals surface area contributed by atoms with Gasteiger partial charge in [-0.15, -0.1) is 18.3 Å². The van der Waals surface area contributed by atoms with Gasteiger partial charge in [-0.2, -0.15) is 4.98 Å². The molecular formula is C4H4F3N3O. The Hall–Kier alpha value is -1.27. The summed E-state index contributed by atoms with van der Waals surface area (Å²) in [5.74, 6) is 0.268. The van der Waals surface area contributed by atoms with Crippen LogP contribution < -0.4 is 4.74 Å². The first-order valence-electron chi connectivity index (χ1n) is 2.62. The quantitative estimate of drug-likeness (QED) is 0.679. The van der Waals surface area contributed by atoms with E-state index < -0.39 is 12.4 Å². The molecule has 0 aliphatic heterocycles. The molecule has 1 rings (SSSR count). The predicted octanol–water partition coefficient (Wildman–Crippen LogP) is 1.01. The third-order valence-corrected chi connectivity index (χ3v) is 0.784. The summed E-state index contributed by atoms with van der Waals surface area (Å²) < 4.78 is 37.7. The van der Waals surface area contributed by atoms with Crippen LogP contribution >= 0.6 is 0 Å². The Morgan fingerprint density at radius 2 is 2.09 bits per heavy atom. The topological polar surface area (TPSA) is 50.8 Å². The Balaban J connectivity index is 2.65. The maximum absolute atomic E-state index is 11.4. The van der Waals surface area contributed by atoms with Crippen LogP contribution in [0.15, 0.2) is 0 Å². The van der Waals surface area contributed by atoms with Crippen molar-refractivity contribution < 1.29 is 17.9 Å². The Labute approximate surface area is 59.4 Å². The lowest BCUT2D eigenvalue weighted by atomic mass is 10.8. The van der Waals surface area contributed by atoms with Gasteiger partial charge in [0.2, 0.25) is 0 Å². The normalized spacial score (nSPS) is 11.6. The van der Waals surface area contributed by atoms with E-state index in [4.69, 9.17) is 0 Å². The molecular weight excluding hydrogens is 163 g/mol. The van der Waals surface area contributed by atoms with Gasteiger partial charge in [-0.05, 0) is 6.92 Å². The van der Waals surface area contributed by atoms with Crippen LogP contribution in [0.1, 0.15) is 5.82 Å². The van der Waals surface area contributed by atoms with Crippen molar-refractivity contribution in [2.45, 2.75) is 13.3 Å². The van der Waals surface area contributed by atoms with Gasteiger partial charge in [-0.25, -0.2) is 0 Å². The van der Waals surface area contributed by atoms with Crippen molar-refractivity contribution in [2.75, 3.05) is 0 Å². The van der Waals surface area contributed by atoms with Crippen molar-refractivity contribution in [2.24, 2.45) is 0 Å². The van der Waals surface area contributed by atoms with Gasteiger partial charge in [0.05, 0.1) is 0 Å². The average Bonchev–Trinajstić information content (AvgIpc) is 2.10. The molecule has 0 atom stereocenters. The summed E-state index contributed by atoms with van der Waals surface area (Å²) >= 11 is 0. The summed E-state index contributed by atoms with van der Waals surface area (Å²) in [7, 11) is 0. The second kappa shape index (κ2) is 2.40. The fraction of sp³-hybridized carbons (Fsp3) is 0.500. The van der Waals surface area contributed by atoms with Crippen LogP contribution in [0.4, 0.5) is 13.2 Å². The number of hydrogen-bond acceptors (Lipinski definition) is 3. The van der Waals surface area contributed by atoms with Crippen molar-refractivity contribution in [3.8, 4) is 6.01 Å². The van der Waals surface area contributed by atoms with E-state index in [1.54, 1.807) is 0 Å². The highest BCUT2D eigenvalue weighted by Gasteiger charge is 2.32. The monoisotopic (exact) mass is 167 g/mol. The second-order valence-electron chi connectivity index (χ2n) is 1.75. The zero-order chi connectivity index (χ0) is 8.48. The van der Waals surface area contributed by atoms with Crippen LogP contribution in [-0.2, 0) is 0 Å². The highest BCUT2D eigenvalue weighted by Crippen LogP contribution is 2.18. The summed E-state index contributed by atoms with van der Waals surface area (Å²) in [6, 6.07) is -0.713. The molecule has 0 unspecified atom stereocenters. The Bertz CT molecular complexity index is 243. The number of H-pyrrole nitrogens is 1. The molecule has 11 heavy (non-hydrogen) atoms. The van der Waals surface area contributed by atoms with E-state index in [0.29, 0.717) is 0 Å². The zero-order valence-electron chi connectivity index (χ0n) is 5.44. The first-order valence-corrected chi connectivity index (χ1v) is 2.62. The van der Waals surface area contributed by atoms with Gasteiger partial charge in [0.15, 0.2) is 0 Å². The van der Waals surface area contributed by atoms with Gasteiger partial charge in [0, 0.05) is 0 Å². The summed E-state index contributed by atoms with van der Waals surface area (Å²) in [4.78, 5) is 3.29. The number of aromatic nitrogens is 3. The Kier molecular flexibility index (Phi) is 1.71. The number of aryl methyl sites for hydroxylation is 1. The Morgan fingerprint density at radius 3 is 2.45 bits per heavy atom. The maximum atomic E-state index is 11.4. The van der Waals surface area contributed by atoms with Crippen LogP contribution in [0.2, 0.25) is 0 Å². The minimum atomic E-state index is -4.73. The summed E-state index contributed by atoms with van der Waals surface area (Å²) in [5.41, 5.74) is 0. The van der Waals surface area contributed by atoms with Gasteiger partial charge >= 0.3 is 12.4 Å². The molecule has 0 saturated carbocycles. The van der Waals surface area contributed by atoms with E-state index in [1.165, 1.54) is 6.92 Å². The van der Waals surface area contributed by atoms with E-state index in [-0.39, 0.29) is 5.82 Å². The minimum Gasteiger partial charge on any atom is -0.369 e. The molecule has 0 radical (unpaired) electrons. The number of nitrogens with zero attached hydrogens (tertiary/aromatic N) is 2. The van der Waals surface area contributed by atoms with Gasteiger partial charge in [-0.3, -0.25) is 5.10 Å². The highest BCUT2D eigenvalue weighted by molar-refractivity contribution is 4.92. The number of halogens is 3. The van der Waals surface area contributed by atoms with E-state index in [0.717, 1.165) is 0 Å². The summed E-state index contributed by atoms with van der Waals surface area (Å²) in [5, 5.41) is 5.33. The lowest BCUT2D eigenvalue weighted by Crippen LogP contribution is -2.17. The Morgan fingerprint density at radius 1 is 1.45 bits per heavy atom. The number of rotatable bonds is 1. The molecule has 0 spiro atoms. The van der Waals surface area contributed by atoms with E-state index >= 15 is 0 Å². The molecule has 0 aromatic carbocycles. The zero-order valence-corrected chi connectivity index (χ0v) is 5.44. The number of nitrogens with one attached hydrogen (secondary N) is 1. The van der Waals surface area contributed by atoms with Crippen LogP contribution in [-0.4, -0.2) is 21.5 Å². The van der Waals surface area contributed by atoms with E-state index in [2.05, 4.69) is 19.9 Å². The molecule has 1 aromatic heterocycles. The number of hydrogen-bond donors (Lipinski definition) is 1. The van der Waals surface area contributed by atoms with Crippen molar-refractivity contribution >= 4 is 0 Å². The van der Waals surface area contributed by atoms with Crippen molar-refractivity contribution in [3.63, 3.8) is 0 Å². The highest BCUT2D eigenvalue weighted by atomic mass is 19.4. The summed E-state index contributed by atoms with van der Waals surface area (Å²) in [6.45, 7) is 1.47. The van der Waals surface area contributed by atoms with E-state index in [1.807, 2.05) is 0 Å². The molecule has 62 valence electrons. The first kappa shape index (κ1) is 7.83. The lowest BCUT2D eigenvalue weighted by molar-refractivity contribution is -0.277. The SMILES string of the molecule is Cc1nc(OC(F)(F)F)n[nH]1. The molecule has 4 nitrogen and oxygen atoms in total. The van der Waals surface area contributed by atoms with Gasteiger partial charge in [0.25, 0.3) is 0 Å². The van der Waals surface area contributed by atoms with Crippen LogP contribution in [0.5, 0.6) is 6.01 Å². The van der Waals surface area contributed by atoms with Gasteiger partial charge in [-0.1, -0.05) is 0 Å². The number of alkyl halides is 3. The molecule has 0 fully saturated rings. The van der Waals surface area contributed by atoms with E-state index in [9.17, 15) is 13.2 Å². The fourth-order valence-electron chi connectivity index (χ4n) is 0.471. The largest absolute Gasteiger partial charge is 0.575 e. The van der Waals surface area contributed by atoms with Crippen molar-refractivity contribution in [1.82, 2.24) is 15.2 Å². The molecule has 0 aliphatic rings. The smallest absolute Gasteiger partial charge is 0.369 e. The molecule has 1 aromatic rings. The minimum absolute atomic E-state index is 0.268. The van der Waals surface area contributed by atoms with Crippen LogP contribution in [0.3, 0.4) is 0 Å². The standard InChI is InChI=1S/C4H4F3N3O/c1-2-8-3(10-9-2)11-4(5,6)7/h1H3,(H,8,9,10). The molecule has 0 bridgehead atoms. The molecule has 1 heterocycles. The molecule has 0 amide bonds. The number of ether oxygens (including phenoxy) is 1. The molecule has 0 saturated heterocycles. The second-order valence-corrected chi connectivity index (χ2v) is 1.75. The van der Waals surface area contributed by atoms with Crippen LogP contribution in [0, 0.1) is 6.92 Å². The van der Waals surface area contributed by atoms with Gasteiger partial charge < -0.3 is 4.74 Å². The lowest BCUT2D eigenvalue weighted by Gasteiger charge is -2.02. The third kappa shape index (κ3) is 2.44. The van der Waals surface area contributed by atoms with Gasteiger partial charge in [0.1, 0.15) is 5.82 Å². The first-order chi connectivity index (χ1) is 4.97. The molecule has 0 aliphatic carbocycles. The fourth-order valence-corrected chi connectivity index (χ4v) is 0.471. The number of aromatic amines is 1. The average molecular weight is 167 g/mol. The molecule has 1 N–H and O–H groups in total. The molecule has 7 heteroatoms. The van der Waals surface area contributed by atoms with Crippen molar-refractivity contribution in [1.29, 1.82) is 0 Å². The van der Waals surface area contributed by atoms with Crippen LogP contribution in [0.25, 0.3) is 0 Å². The maximum Gasteiger partial charge on any atom is 0.575 e.